The number of halogens is 1. The van der Waals surface area contributed by atoms with Crippen LogP contribution < -0.4 is 14.4 Å². The van der Waals surface area contributed by atoms with Crippen LogP contribution >= 0.6 is 11.6 Å². The Morgan fingerprint density at radius 2 is 1.82 bits per heavy atom. The fourth-order valence-electron chi connectivity index (χ4n) is 3.38. The largest absolute Gasteiger partial charge is 0.485 e. The number of carbonyl (C=O) groups excluding carboxylic acids is 1. The summed E-state index contributed by atoms with van der Waals surface area (Å²) in [5.74, 6) is 1.11. The quantitative estimate of drug-likeness (QED) is 0.578. The van der Waals surface area contributed by atoms with Crippen molar-refractivity contribution < 1.29 is 19.2 Å². The fourth-order valence-corrected chi connectivity index (χ4v) is 3.67. The van der Waals surface area contributed by atoms with Crippen LogP contribution in [0.4, 0.5) is 11.4 Å². The summed E-state index contributed by atoms with van der Waals surface area (Å²) in [6.07, 6.45) is -0.663. The van der Waals surface area contributed by atoms with E-state index in [1.165, 1.54) is 12.1 Å². The Labute approximate surface area is 166 Å². The molecule has 9 heteroatoms. The smallest absolute Gasteiger partial charge is 0.271 e. The van der Waals surface area contributed by atoms with Gasteiger partial charge in [-0.1, -0.05) is 23.7 Å². The lowest BCUT2D eigenvalue weighted by Crippen LogP contribution is -2.54. The molecular formula is C19H18ClN3O5. The van der Waals surface area contributed by atoms with Crippen molar-refractivity contribution in [3.05, 3.63) is 57.6 Å². The Kier molecular flexibility index (Phi) is 4.95. The number of fused-ring (bicyclic) bond motifs is 1. The highest BCUT2D eigenvalue weighted by Gasteiger charge is 2.33. The van der Waals surface area contributed by atoms with Gasteiger partial charge in [-0.15, -0.1) is 0 Å². The molecule has 2 heterocycles. The van der Waals surface area contributed by atoms with Gasteiger partial charge in [-0.05, 0) is 18.2 Å². The van der Waals surface area contributed by atoms with Gasteiger partial charge in [0.15, 0.2) is 11.5 Å². The lowest BCUT2D eigenvalue weighted by molar-refractivity contribution is -0.384. The number of ether oxygens (including phenoxy) is 2. The topological polar surface area (TPSA) is 85.2 Å². The molecule has 1 unspecified atom stereocenters. The van der Waals surface area contributed by atoms with Crippen molar-refractivity contribution in [2.24, 2.45) is 0 Å². The molecular weight excluding hydrogens is 386 g/mol. The third-order valence-corrected chi connectivity index (χ3v) is 5.16. The first-order chi connectivity index (χ1) is 13.5. The SMILES string of the molecule is O=C(C1COc2ccccc2O1)N1CCN(c2ccc([N+](=O)[O-])cc2Cl)CC1. The second-order valence-electron chi connectivity index (χ2n) is 6.57. The summed E-state index contributed by atoms with van der Waals surface area (Å²) in [5, 5.41) is 11.2. The number of anilines is 1. The summed E-state index contributed by atoms with van der Waals surface area (Å²) in [5.41, 5.74) is 0.683. The van der Waals surface area contributed by atoms with E-state index < -0.39 is 11.0 Å². The van der Waals surface area contributed by atoms with Gasteiger partial charge in [-0.2, -0.15) is 0 Å². The minimum atomic E-state index is -0.663. The number of nitrogens with zero attached hydrogens (tertiary/aromatic N) is 3. The van der Waals surface area contributed by atoms with Crippen LogP contribution in [-0.2, 0) is 4.79 Å². The molecule has 2 aliphatic heterocycles. The first-order valence-corrected chi connectivity index (χ1v) is 9.27. The molecule has 2 aromatic carbocycles. The Bertz CT molecular complexity index is 914. The van der Waals surface area contributed by atoms with Crippen LogP contribution in [0.3, 0.4) is 0 Å². The number of piperazine rings is 1. The lowest BCUT2D eigenvalue weighted by atomic mass is 10.2. The zero-order chi connectivity index (χ0) is 19.7. The van der Waals surface area contributed by atoms with Crippen molar-refractivity contribution in [1.82, 2.24) is 4.90 Å². The first kappa shape index (κ1) is 18.4. The van der Waals surface area contributed by atoms with Crippen LogP contribution in [0.2, 0.25) is 5.02 Å². The predicted molar refractivity (Wildman–Crippen MR) is 103 cm³/mol. The molecule has 1 atom stereocenters. The molecule has 0 bridgehead atoms. The molecule has 4 rings (SSSR count). The van der Waals surface area contributed by atoms with E-state index in [1.807, 2.05) is 23.1 Å². The van der Waals surface area contributed by atoms with E-state index >= 15 is 0 Å². The van der Waals surface area contributed by atoms with Crippen LogP contribution in [0.5, 0.6) is 11.5 Å². The monoisotopic (exact) mass is 403 g/mol. The second-order valence-corrected chi connectivity index (χ2v) is 6.98. The molecule has 8 nitrogen and oxygen atoms in total. The Morgan fingerprint density at radius 1 is 1.11 bits per heavy atom. The van der Waals surface area contributed by atoms with E-state index in [2.05, 4.69) is 0 Å². The highest BCUT2D eigenvalue weighted by molar-refractivity contribution is 6.33. The number of para-hydroxylation sites is 2. The molecule has 1 saturated heterocycles. The maximum atomic E-state index is 12.8. The summed E-state index contributed by atoms with van der Waals surface area (Å²) in [7, 11) is 0. The maximum absolute atomic E-state index is 12.8. The highest BCUT2D eigenvalue weighted by atomic mass is 35.5. The van der Waals surface area contributed by atoms with Crippen molar-refractivity contribution in [3.8, 4) is 11.5 Å². The molecule has 146 valence electrons. The van der Waals surface area contributed by atoms with Gasteiger partial charge in [0.05, 0.1) is 15.6 Å². The summed E-state index contributed by atoms with van der Waals surface area (Å²) in [4.78, 5) is 26.9. The molecule has 1 fully saturated rings. The summed E-state index contributed by atoms with van der Waals surface area (Å²) >= 11 is 6.21. The van der Waals surface area contributed by atoms with Crippen molar-refractivity contribution in [3.63, 3.8) is 0 Å². The molecule has 28 heavy (non-hydrogen) atoms. The van der Waals surface area contributed by atoms with E-state index in [0.717, 1.165) is 5.69 Å². The number of hydrogen-bond donors (Lipinski definition) is 0. The standard InChI is InChI=1S/C19H18ClN3O5/c20-14-11-13(23(25)26)5-6-15(14)21-7-9-22(10-8-21)19(24)18-12-27-16-3-1-2-4-17(16)28-18/h1-6,11,18H,7-10,12H2. The third kappa shape index (κ3) is 3.55. The number of carbonyl (C=O) groups is 1. The Hall–Kier alpha value is -3.00. The average molecular weight is 404 g/mol. The van der Waals surface area contributed by atoms with Gasteiger partial charge in [-0.25, -0.2) is 0 Å². The molecule has 2 aromatic rings. The first-order valence-electron chi connectivity index (χ1n) is 8.89. The number of nitro benzene ring substituents is 1. The zero-order valence-corrected chi connectivity index (χ0v) is 15.7. The molecule has 0 N–H and O–H groups in total. The molecule has 0 saturated carbocycles. The van der Waals surface area contributed by atoms with E-state index in [9.17, 15) is 14.9 Å². The second kappa shape index (κ2) is 7.55. The minimum absolute atomic E-state index is 0.0442. The number of nitro groups is 1. The van der Waals surface area contributed by atoms with E-state index in [4.69, 9.17) is 21.1 Å². The molecule has 1 amide bonds. The Balaban J connectivity index is 1.38. The normalized spacial score (nSPS) is 18.7. The molecule has 0 aromatic heterocycles. The molecule has 0 aliphatic carbocycles. The summed E-state index contributed by atoms with van der Waals surface area (Å²) in [6.45, 7) is 2.35. The van der Waals surface area contributed by atoms with Crippen molar-refractivity contribution in [2.75, 3.05) is 37.7 Å². The van der Waals surface area contributed by atoms with Crippen LogP contribution in [0, 0.1) is 10.1 Å². The van der Waals surface area contributed by atoms with Crippen LogP contribution in [0.15, 0.2) is 42.5 Å². The fraction of sp³-hybridized carbons (Fsp3) is 0.316. The lowest BCUT2D eigenvalue weighted by Gasteiger charge is -2.38. The van der Waals surface area contributed by atoms with Gasteiger partial charge >= 0.3 is 0 Å². The van der Waals surface area contributed by atoms with Gasteiger partial charge in [0.2, 0.25) is 6.10 Å². The van der Waals surface area contributed by atoms with Gasteiger partial charge in [-0.3, -0.25) is 14.9 Å². The summed E-state index contributed by atoms with van der Waals surface area (Å²) in [6, 6.07) is 11.7. The zero-order valence-electron chi connectivity index (χ0n) is 14.9. The number of rotatable bonds is 3. The van der Waals surface area contributed by atoms with Gasteiger partial charge in [0, 0.05) is 38.3 Å². The van der Waals surface area contributed by atoms with Crippen molar-refractivity contribution in [2.45, 2.75) is 6.10 Å². The van der Waals surface area contributed by atoms with Gasteiger partial charge in [0.1, 0.15) is 6.61 Å². The minimum Gasteiger partial charge on any atom is -0.485 e. The number of amides is 1. The number of non-ortho nitro benzene ring substituents is 1. The number of benzene rings is 2. The van der Waals surface area contributed by atoms with Gasteiger partial charge < -0.3 is 19.3 Å². The third-order valence-electron chi connectivity index (χ3n) is 4.86. The maximum Gasteiger partial charge on any atom is 0.271 e. The predicted octanol–water partition coefficient (Wildman–Crippen LogP) is 2.74. The van der Waals surface area contributed by atoms with Crippen molar-refractivity contribution in [1.29, 1.82) is 0 Å². The Morgan fingerprint density at radius 3 is 2.50 bits per heavy atom. The van der Waals surface area contributed by atoms with Crippen LogP contribution in [-0.4, -0.2) is 54.6 Å². The van der Waals surface area contributed by atoms with E-state index in [1.54, 1.807) is 17.0 Å². The van der Waals surface area contributed by atoms with Crippen LogP contribution in [0.1, 0.15) is 0 Å². The van der Waals surface area contributed by atoms with E-state index in [0.29, 0.717) is 42.7 Å². The molecule has 0 spiro atoms. The summed E-state index contributed by atoms with van der Waals surface area (Å²) < 4.78 is 11.4. The van der Waals surface area contributed by atoms with E-state index in [-0.39, 0.29) is 18.2 Å². The van der Waals surface area contributed by atoms with Gasteiger partial charge in [0.25, 0.3) is 11.6 Å². The number of hydrogen-bond acceptors (Lipinski definition) is 6. The average Bonchev–Trinajstić information content (AvgIpc) is 2.73. The highest BCUT2D eigenvalue weighted by Crippen LogP contribution is 2.32. The molecule has 2 aliphatic rings. The molecule has 0 radical (unpaired) electrons. The van der Waals surface area contributed by atoms with Crippen molar-refractivity contribution >= 4 is 28.9 Å². The van der Waals surface area contributed by atoms with Crippen LogP contribution in [0.25, 0.3) is 0 Å².